The third-order valence-electron chi connectivity index (χ3n) is 6.40. The van der Waals surface area contributed by atoms with Crippen molar-refractivity contribution in [3.8, 4) is 28.4 Å². The number of amides is 2. The molecule has 8 heteroatoms. The Labute approximate surface area is 212 Å². The van der Waals surface area contributed by atoms with Crippen molar-refractivity contribution in [1.82, 2.24) is 5.32 Å². The summed E-state index contributed by atoms with van der Waals surface area (Å²) in [4.78, 5) is 36.2. The molecule has 0 unspecified atom stereocenters. The number of nitrogens with one attached hydrogen (secondary N) is 1. The van der Waals surface area contributed by atoms with Crippen LogP contribution < -0.4 is 20.4 Å². The van der Waals surface area contributed by atoms with Crippen LogP contribution in [0.1, 0.15) is 31.4 Å². The van der Waals surface area contributed by atoms with Gasteiger partial charge in [-0.1, -0.05) is 31.5 Å². The van der Waals surface area contributed by atoms with Gasteiger partial charge in [0, 0.05) is 23.1 Å². The first-order chi connectivity index (χ1) is 17.8. The Morgan fingerprint density at radius 2 is 1.78 bits per heavy atom. The summed E-state index contributed by atoms with van der Waals surface area (Å²) in [6.45, 7) is 3.61. The summed E-state index contributed by atoms with van der Waals surface area (Å²) in [7, 11) is 1.56. The van der Waals surface area contributed by atoms with Crippen molar-refractivity contribution in [3.05, 3.63) is 88.3 Å². The second kappa shape index (κ2) is 9.46. The highest BCUT2D eigenvalue weighted by molar-refractivity contribution is 6.03. The van der Waals surface area contributed by atoms with Gasteiger partial charge in [0.05, 0.1) is 7.11 Å². The quantitative estimate of drug-likeness (QED) is 0.326. The first kappa shape index (κ1) is 24.1. The third-order valence-corrected chi connectivity index (χ3v) is 6.40. The molecule has 4 aromatic rings. The van der Waals surface area contributed by atoms with Crippen LogP contribution in [0.2, 0.25) is 0 Å². The van der Waals surface area contributed by atoms with Gasteiger partial charge < -0.3 is 18.6 Å². The van der Waals surface area contributed by atoms with Crippen LogP contribution in [0, 0.1) is 0 Å². The number of hydrogen-bond acceptors (Lipinski definition) is 7. The summed E-state index contributed by atoms with van der Waals surface area (Å²) < 4.78 is 22.1. The molecular weight excluding hydrogens is 474 g/mol. The van der Waals surface area contributed by atoms with E-state index in [0.717, 1.165) is 34.9 Å². The van der Waals surface area contributed by atoms with Crippen molar-refractivity contribution in [1.29, 1.82) is 0 Å². The van der Waals surface area contributed by atoms with Crippen molar-refractivity contribution in [2.45, 2.75) is 32.3 Å². The minimum atomic E-state index is -1.43. The molecule has 1 saturated heterocycles. The van der Waals surface area contributed by atoms with Gasteiger partial charge in [-0.25, -0.2) is 9.59 Å². The summed E-state index contributed by atoms with van der Waals surface area (Å²) in [5.41, 5.74) is 1.63. The molecule has 1 aromatic heterocycles. The van der Waals surface area contributed by atoms with E-state index in [-0.39, 0.29) is 0 Å². The van der Waals surface area contributed by atoms with E-state index >= 15 is 0 Å². The Morgan fingerprint density at radius 3 is 2.51 bits per heavy atom. The van der Waals surface area contributed by atoms with E-state index in [2.05, 4.69) is 12.2 Å². The summed E-state index contributed by atoms with van der Waals surface area (Å²) in [5, 5.41) is 2.96. The van der Waals surface area contributed by atoms with Gasteiger partial charge in [0.25, 0.3) is 5.91 Å². The lowest BCUT2D eigenvalue weighted by Gasteiger charge is -2.20. The molecule has 0 bridgehead atoms. The zero-order valence-electron chi connectivity index (χ0n) is 20.6. The predicted molar refractivity (Wildman–Crippen MR) is 137 cm³/mol. The van der Waals surface area contributed by atoms with E-state index in [9.17, 15) is 14.4 Å². The second-order valence-electron chi connectivity index (χ2n) is 8.92. The van der Waals surface area contributed by atoms with Crippen LogP contribution in [-0.4, -0.2) is 19.1 Å². The van der Waals surface area contributed by atoms with Crippen LogP contribution in [0.15, 0.2) is 75.9 Å². The van der Waals surface area contributed by atoms with Gasteiger partial charge >= 0.3 is 11.7 Å². The highest BCUT2D eigenvalue weighted by Crippen LogP contribution is 2.36. The lowest BCUT2D eigenvalue weighted by Crippen LogP contribution is -2.33. The second-order valence-corrected chi connectivity index (χ2v) is 8.92. The molecule has 0 spiro atoms. The number of aryl methyl sites for hydroxylation is 1. The number of hydrogen-bond donors (Lipinski definition) is 1. The van der Waals surface area contributed by atoms with E-state index in [0.29, 0.717) is 28.4 Å². The molecule has 8 nitrogen and oxygen atoms in total. The van der Waals surface area contributed by atoms with Crippen molar-refractivity contribution in [2.75, 3.05) is 7.11 Å². The van der Waals surface area contributed by atoms with Crippen molar-refractivity contribution < 1.29 is 28.2 Å². The van der Waals surface area contributed by atoms with Crippen molar-refractivity contribution >= 4 is 23.0 Å². The van der Waals surface area contributed by atoms with Gasteiger partial charge in [-0.15, -0.1) is 0 Å². The highest BCUT2D eigenvalue weighted by atomic mass is 16.6. The largest absolute Gasteiger partial charge is 0.497 e. The molecule has 2 heterocycles. The molecule has 188 valence electrons. The van der Waals surface area contributed by atoms with Crippen molar-refractivity contribution in [2.24, 2.45) is 0 Å². The van der Waals surface area contributed by atoms with Crippen LogP contribution in [0.25, 0.3) is 22.1 Å². The maximum Gasteiger partial charge on any atom is 0.415 e. The molecule has 0 aliphatic carbocycles. The summed E-state index contributed by atoms with van der Waals surface area (Å²) in [5.74, 6) is 1.22. The number of carbonyl (C=O) groups is 2. The number of methoxy groups -OCH3 is 1. The Morgan fingerprint density at radius 1 is 0.946 bits per heavy atom. The fourth-order valence-electron chi connectivity index (χ4n) is 4.46. The number of imide groups is 1. The number of ether oxygens (including phenoxy) is 3. The standard InChI is InChI=1S/C29H25NO7/c1-4-6-18-13-17(23-16-26(31)36-25-15-20(34-3)10-11-22(23)25)9-12-24(18)35-21-8-5-7-19(14-21)29(2)27(32)30-28(33)37-29/h5,7-16H,4,6H2,1-3H3,(H,30,32,33)/t29-/m1/s1. The summed E-state index contributed by atoms with van der Waals surface area (Å²) in [6, 6.07) is 19.5. The number of benzene rings is 3. The number of fused-ring (bicyclic) bond motifs is 1. The van der Waals surface area contributed by atoms with Gasteiger partial charge in [-0.2, -0.15) is 0 Å². The normalized spacial score (nSPS) is 16.9. The van der Waals surface area contributed by atoms with E-state index in [1.54, 1.807) is 44.4 Å². The fraction of sp³-hybridized carbons (Fsp3) is 0.207. The summed E-state index contributed by atoms with van der Waals surface area (Å²) in [6.07, 6.45) is 0.844. The average molecular weight is 500 g/mol. The number of cyclic esters (lactones) is 1. The molecule has 1 N–H and O–H groups in total. The maximum atomic E-state index is 12.3. The Bertz CT molecular complexity index is 1590. The molecule has 1 atom stereocenters. The van der Waals surface area contributed by atoms with Gasteiger partial charge in [-0.05, 0) is 66.4 Å². The monoisotopic (exact) mass is 499 g/mol. The number of alkyl carbamates (subject to hydrolysis) is 1. The van der Waals surface area contributed by atoms with E-state index in [4.69, 9.17) is 18.6 Å². The van der Waals surface area contributed by atoms with Gasteiger partial charge in [-0.3, -0.25) is 10.1 Å². The molecule has 2 amide bonds. The summed E-state index contributed by atoms with van der Waals surface area (Å²) >= 11 is 0. The minimum absolute atomic E-state index is 0.446. The van der Waals surface area contributed by atoms with Crippen molar-refractivity contribution in [3.63, 3.8) is 0 Å². The zero-order chi connectivity index (χ0) is 26.2. The minimum Gasteiger partial charge on any atom is -0.497 e. The molecule has 0 radical (unpaired) electrons. The molecule has 37 heavy (non-hydrogen) atoms. The molecule has 3 aromatic carbocycles. The third kappa shape index (κ3) is 4.53. The van der Waals surface area contributed by atoms with Crippen LogP contribution in [0.3, 0.4) is 0 Å². The molecule has 1 fully saturated rings. The van der Waals surface area contributed by atoms with E-state index in [1.165, 1.54) is 6.07 Å². The molecule has 1 aliphatic heterocycles. The Hall–Kier alpha value is -4.59. The Kier molecular flexibility index (Phi) is 6.17. The fourth-order valence-corrected chi connectivity index (χ4v) is 4.46. The lowest BCUT2D eigenvalue weighted by molar-refractivity contribution is -0.130. The number of carbonyl (C=O) groups excluding carboxylic acids is 2. The molecule has 1 aliphatic rings. The van der Waals surface area contributed by atoms with Gasteiger partial charge in [0.1, 0.15) is 22.8 Å². The SMILES string of the molecule is CCCc1cc(-c2cc(=O)oc3cc(OC)ccc23)ccc1Oc1cccc([C@@]2(C)OC(=O)NC2=O)c1. The molecule has 5 rings (SSSR count). The molecular formula is C29H25NO7. The lowest BCUT2D eigenvalue weighted by atomic mass is 9.95. The molecule has 0 saturated carbocycles. The van der Waals surface area contributed by atoms with Crippen LogP contribution >= 0.6 is 0 Å². The topological polar surface area (TPSA) is 104 Å². The van der Waals surface area contributed by atoms with Crippen LogP contribution in [0.4, 0.5) is 4.79 Å². The van der Waals surface area contributed by atoms with Gasteiger partial charge in [0.2, 0.25) is 5.60 Å². The predicted octanol–water partition coefficient (Wildman–Crippen LogP) is 5.70. The smallest absolute Gasteiger partial charge is 0.415 e. The van der Waals surface area contributed by atoms with Gasteiger partial charge in [0.15, 0.2) is 0 Å². The average Bonchev–Trinajstić information content (AvgIpc) is 3.16. The zero-order valence-corrected chi connectivity index (χ0v) is 20.6. The Balaban J connectivity index is 1.52. The van der Waals surface area contributed by atoms with E-state index < -0.39 is 23.2 Å². The number of rotatable bonds is 7. The first-order valence-electron chi connectivity index (χ1n) is 11.9. The van der Waals surface area contributed by atoms with E-state index in [1.807, 2.05) is 30.3 Å². The van der Waals surface area contributed by atoms with Crippen LogP contribution in [0.5, 0.6) is 17.2 Å². The first-order valence-corrected chi connectivity index (χ1v) is 11.9. The maximum absolute atomic E-state index is 12.3. The highest BCUT2D eigenvalue weighted by Gasteiger charge is 2.46. The van der Waals surface area contributed by atoms with Crippen LogP contribution in [-0.2, 0) is 21.6 Å².